The SMILES string of the molecule is COc1ccc(-c2[nH]ncc2C(=O)N2CC[C@@H](C(=O)O)C2)cc1. The zero-order valence-corrected chi connectivity index (χ0v) is 12.7. The van der Waals surface area contributed by atoms with E-state index in [0.717, 1.165) is 11.3 Å². The Kier molecular flexibility index (Phi) is 4.01. The second-order valence-corrected chi connectivity index (χ2v) is 5.46. The molecule has 1 aromatic carbocycles. The number of aliphatic carboxylic acids is 1. The van der Waals surface area contributed by atoms with Crippen LogP contribution in [0.1, 0.15) is 16.8 Å². The molecule has 1 aliphatic heterocycles. The van der Waals surface area contributed by atoms with E-state index >= 15 is 0 Å². The molecule has 1 aromatic heterocycles. The molecule has 120 valence electrons. The highest BCUT2D eigenvalue weighted by molar-refractivity contribution is 6.00. The molecule has 1 amide bonds. The second kappa shape index (κ2) is 6.12. The van der Waals surface area contributed by atoms with Crippen LogP contribution < -0.4 is 4.74 Å². The lowest BCUT2D eigenvalue weighted by molar-refractivity contribution is -0.141. The maximum atomic E-state index is 12.6. The highest BCUT2D eigenvalue weighted by Gasteiger charge is 2.32. The fourth-order valence-corrected chi connectivity index (χ4v) is 2.74. The number of carboxylic acid groups (broad SMARTS) is 1. The largest absolute Gasteiger partial charge is 0.497 e. The predicted octanol–water partition coefficient (Wildman–Crippen LogP) is 1.63. The van der Waals surface area contributed by atoms with Crippen molar-refractivity contribution in [3.63, 3.8) is 0 Å². The molecule has 0 bridgehead atoms. The van der Waals surface area contributed by atoms with Gasteiger partial charge in [-0.25, -0.2) is 0 Å². The van der Waals surface area contributed by atoms with E-state index in [9.17, 15) is 9.59 Å². The average molecular weight is 315 g/mol. The predicted molar refractivity (Wildman–Crippen MR) is 82.2 cm³/mol. The van der Waals surface area contributed by atoms with E-state index in [0.29, 0.717) is 24.2 Å². The summed E-state index contributed by atoms with van der Waals surface area (Å²) in [5.41, 5.74) is 1.89. The van der Waals surface area contributed by atoms with E-state index in [1.807, 2.05) is 12.1 Å². The third kappa shape index (κ3) is 2.90. The molecule has 0 radical (unpaired) electrons. The van der Waals surface area contributed by atoms with Gasteiger partial charge in [-0.3, -0.25) is 14.7 Å². The molecule has 2 heterocycles. The second-order valence-electron chi connectivity index (χ2n) is 5.46. The number of amides is 1. The van der Waals surface area contributed by atoms with Crippen molar-refractivity contribution in [2.45, 2.75) is 6.42 Å². The van der Waals surface area contributed by atoms with E-state index in [4.69, 9.17) is 9.84 Å². The van der Waals surface area contributed by atoms with Crippen molar-refractivity contribution in [3.05, 3.63) is 36.0 Å². The number of likely N-dealkylation sites (tertiary alicyclic amines) is 1. The Labute approximate surface area is 132 Å². The lowest BCUT2D eigenvalue weighted by Gasteiger charge is -2.15. The summed E-state index contributed by atoms with van der Waals surface area (Å²) in [6.45, 7) is 0.685. The molecule has 1 fully saturated rings. The monoisotopic (exact) mass is 315 g/mol. The van der Waals surface area contributed by atoms with Crippen molar-refractivity contribution in [2.24, 2.45) is 5.92 Å². The number of hydrogen-bond donors (Lipinski definition) is 2. The van der Waals surface area contributed by atoms with Crippen molar-refractivity contribution < 1.29 is 19.4 Å². The van der Waals surface area contributed by atoms with Crippen LogP contribution in [0.4, 0.5) is 0 Å². The molecule has 1 aliphatic rings. The van der Waals surface area contributed by atoms with Gasteiger partial charge in [0, 0.05) is 18.7 Å². The van der Waals surface area contributed by atoms with E-state index < -0.39 is 11.9 Å². The minimum atomic E-state index is -0.858. The molecule has 1 atom stereocenters. The molecule has 7 nitrogen and oxygen atoms in total. The number of carboxylic acids is 1. The number of rotatable bonds is 4. The van der Waals surface area contributed by atoms with Crippen molar-refractivity contribution in [1.29, 1.82) is 0 Å². The number of aromatic amines is 1. The molecule has 2 N–H and O–H groups in total. The summed E-state index contributed by atoms with van der Waals surface area (Å²) in [7, 11) is 1.59. The van der Waals surface area contributed by atoms with Crippen molar-refractivity contribution in [2.75, 3.05) is 20.2 Å². The van der Waals surface area contributed by atoms with Gasteiger partial charge in [-0.2, -0.15) is 5.10 Å². The lowest BCUT2D eigenvalue weighted by Crippen LogP contribution is -2.30. The van der Waals surface area contributed by atoms with Gasteiger partial charge in [0.2, 0.25) is 0 Å². The van der Waals surface area contributed by atoms with E-state index in [-0.39, 0.29) is 12.5 Å². The zero-order valence-electron chi connectivity index (χ0n) is 12.7. The summed E-state index contributed by atoms with van der Waals surface area (Å²) in [5, 5.41) is 15.9. The van der Waals surface area contributed by atoms with Crippen LogP contribution in [-0.4, -0.2) is 52.3 Å². The van der Waals surface area contributed by atoms with Crippen LogP contribution in [0.3, 0.4) is 0 Å². The van der Waals surface area contributed by atoms with Gasteiger partial charge >= 0.3 is 5.97 Å². The maximum Gasteiger partial charge on any atom is 0.308 e. The highest BCUT2D eigenvalue weighted by atomic mass is 16.5. The molecule has 3 rings (SSSR count). The quantitative estimate of drug-likeness (QED) is 0.894. The van der Waals surface area contributed by atoms with E-state index in [1.165, 1.54) is 6.20 Å². The van der Waals surface area contributed by atoms with Crippen LogP contribution in [0.5, 0.6) is 5.75 Å². The van der Waals surface area contributed by atoms with E-state index in [2.05, 4.69) is 10.2 Å². The molecule has 0 aliphatic carbocycles. The normalized spacial score (nSPS) is 17.3. The number of H-pyrrole nitrogens is 1. The first-order valence-corrected chi connectivity index (χ1v) is 7.30. The van der Waals surface area contributed by atoms with Crippen LogP contribution in [0.25, 0.3) is 11.3 Å². The van der Waals surface area contributed by atoms with Crippen molar-refractivity contribution in [1.82, 2.24) is 15.1 Å². The Balaban J connectivity index is 1.83. The average Bonchev–Trinajstić information content (AvgIpc) is 3.23. The number of benzene rings is 1. The van der Waals surface area contributed by atoms with Gasteiger partial charge in [-0.15, -0.1) is 0 Å². The summed E-state index contributed by atoms with van der Waals surface area (Å²) in [5.74, 6) is -0.823. The smallest absolute Gasteiger partial charge is 0.308 e. The van der Waals surface area contributed by atoms with Crippen LogP contribution in [0, 0.1) is 5.92 Å². The molecule has 0 unspecified atom stereocenters. The molecular formula is C16H17N3O4. The number of aromatic nitrogens is 2. The fourth-order valence-electron chi connectivity index (χ4n) is 2.74. The molecule has 2 aromatic rings. The van der Waals surface area contributed by atoms with Crippen LogP contribution in [-0.2, 0) is 4.79 Å². The Morgan fingerprint density at radius 2 is 2.09 bits per heavy atom. The zero-order chi connectivity index (χ0) is 16.4. The first-order valence-electron chi connectivity index (χ1n) is 7.30. The maximum absolute atomic E-state index is 12.6. The summed E-state index contributed by atoms with van der Waals surface area (Å²) in [4.78, 5) is 25.2. The van der Waals surface area contributed by atoms with Crippen LogP contribution in [0.15, 0.2) is 30.5 Å². The van der Waals surface area contributed by atoms with Crippen molar-refractivity contribution in [3.8, 4) is 17.0 Å². The first kappa shape index (κ1) is 15.1. The molecule has 0 saturated carbocycles. The number of carbonyl (C=O) groups is 2. The highest BCUT2D eigenvalue weighted by Crippen LogP contribution is 2.26. The molecular weight excluding hydrogens is 298 g/mol. The van der Waals surface area contributed by atoms with Gasteiger partial charge in [0.15, 0.2) is 0 Å². The summed E-state index contributed by atoms with van der Waals surface area (Å²) < 4.78 is 5.12. The van der Waals surface area contributed by atoms with Gasteiger partial charge in [0.25, 0.3) is 5.91 Å². The summed E-state index contributed by atoms with van der Waals surface area (Å²) >= 11 is 0. The number of hydrogen-bond acceptors (Lipinski definition) is 4. The van der Waals surface area contributed by atoms with Gasteiger partial charge in [-0.1, -0.05) is 0 Å². The molecule has 1 saturated heterocycles. The Hall–Kier alpha value is -2.83. The van der Waals surface area contributed by atoms with Gasteiger partial charge in [0.1, 0.15) is 5.75 Å². The van der Waals surface area contributed by atoms with Crippen LogP contribution in [0.2, 0.25) is 0 Å². The van der Waals surface area contributed by atoms with Gasteiger partial charge in [-0.05, 0) is 30.7 Å². The number of ether oxygens (including phenoxy) is 1. The molecule has 23 heavy (non-hydrogen) atoms. The Morgan fingerprint density at radius 1 is 1.35 bits per heavy atom. The van der Waals surface area contributed by atoms with Crippen molar-refractivity contribution >= 4 is 11.9 Å². The lowest BCUT2D eigenvalue weighted by atomic mass is 10.1. The Bertz CT molecular complexity index is 723. The summed E-state index contributed by atoms with van der Waals surface area (Å²) in [6, 6.07) is 7.29. The number of nitrogens with zero attached hydrogens (tertiary/aromatic N) is 2. The van der Waals surface area contributed by atoms with Gasteiger partial charge in [0.05, 0.1) is 30.5 Å². The number of carbonyl (C=O) groups excluding carboxylic acids is 1. The fraction of sp³-hybridized carbons (Fsp3) is 0.312. The van der Waals surface area contributed by atoms with Crippen LogP contribution >= 0.6 is 0 Å². The first-order chi connectivity index (χ1) is 11.1. The molecule has 7 heteroatoms. The van der Waals surface area contributed by atoms with Gasteiger partial charge < -0.3 is 14.7 Å². The summed E-state index contributed by atoms with van der Waals surface area (Å²) in [6.07, 6.45) is 1.97. The number of nitrogens with one attached hydrogen (secondary N) is 1. The third-order valence-electron chi connectivity index (χ3n) is 4.07. The third-order valence-corrected chi connectivity index (χ3v) is 4.07. The number of methoxy groups -OCH3 is 1. The minimum Gasteiger partial charge on any atom is -0.497 e. The Morgan fingerprint density at radius 3 is 2.70 bits per heavy atom. The van der Waals surface area contributed by atoms with E-state index in [1.54, 1.807) is 24.1 Å². The molecule has 0 spiro atoms. The topological polar surface area (TPSA) is 95.5 Å². The standard InChI is InChI=1S/C16H17N3O4/c1-23-12-4-2-10(3-5-12)14-13(8-17-18-14)15(20)19-7-6-11(9-19)16(21)22/h2-5,8,11H,6-7,9H2,1H3,(H,17,18)(H,21,22)/t11-/m1/s1. The minimum absolute atomic E-state index is 0.201.